The van der Waals surface area contributed by atoms with Gasteiger partial charge in [0, 0.05) is 38.1 Å². The first-order valence-corrected chi connectivity index (χ1v) is 6.21. The molecule has 0 spiro atoms. The highest BCUT2D eigenvalue weighted by Gasteiger charge is 2.19. The maximum Gasteiger partial charge on any atom is 0.250 e. The van der Waals surface area contributed by atoms with Gasteiger partial charge in [0.2, 0.25) is 0 Å². The number of nitrogens with two attached hydrogens (primary N) is 1. The van der Waals surface area contributed by atoms with Crippen LogP contribution in [0, 0.1) is 0 Å². The summed E-state index contributed by atoms with van der Waals surface area (Å²) in [6, 6.07) is 3.62. The predicted molar refractivity (Wildman–Crippen MR) is 67.1 cm³/mol. The summed E-state index contributed by atoms with van der Waals surface area (Å²) in [5.41, 5.74) is 8.44. The van der Waals surface area contributed by atoms with Crippen molar-refractivity contribution < 1.29 is 4.74 Å². The predicted octanol–water partition coefficient (Wildman–Crippen LogP) is 1.22. The van der Waals surface area contributed by atoms with Crippen LogP contribution in [0.4, 0.5) is 0 Å². The second-order valence-corrected chi connectivity index (χ2v) is 4.57. The standard InChI is InChI=1S/C13H20N2O2/c1-17-9-3-8-15-12-5-2-4-11(14)10(12)6-7-13(15)16/h6-7,11H,2-5,8-9,14H2,1H3. The summed E-state index contributed by atoms with van der Waals surface area (Å²) in [6.45, 7) is 1.41. The van der Waals surface area contributed by atoms with Gasteiger partial charge in [-0.25, -0.2) is 0 Å². The maximum absolute atomic E-state index is 11.9. The van der Waals surface area contributed by atoms with Crippen molar-refractivity contribution in [2.45, 2.75) is 38.3 Å². The Morgan fingerprint density at radius 3 is 3.12 bits per heavy atom. The van der Waals surface area contributed by atoms with Gasteiger partial charge in [0.05, 0.1) is 0 Å². The van der Waals surface area contributed by atoms with Crippen molar-refractivity contribution in [1.29, 1.82) is 0 Å². The summed E-state index contributed by atoms with van der Waals surface area (Å²) in [5.74, 6) is 0. The van der Waals surface area contributed by atoms with Gasteiger partial charge in [0.15, 0.2) is 0 Å². The highest BCUT2D eigenvalue weighted by atomic mass is 16.5. The zero-order valence-electron chi connectivity index (χ0n) is 10.3. The van der Waals surface area contributed by atoms with Gasteiger partial charge < -0.3 is 15.0 Å². The number of aromatic nitrogens is 1. The minimum absolute atomic E-state index is 0.0777. The van der Waals surface area contributed by atoms with Crippen LogP contribution in [0.1, 0.15) is 36.6 Å². The highest BCUT2D eigenvalue weighted by Crippen LogP contribution is 2.26. The van der Waals surface area contributed by atoms with E-state index in [1.165, 1.54) is 0 Å². The van der Waals surface area contributed by atoms with Crippen LogP contribution in [0.5, 0.6) is 0 Å². The van der Waals surface area contributed by atoms with Crippen LogP contribution in [-0.4, -0.2) is 18.3 Å². The first-order chi connectivity index (χ1) is 8.24. The van der Waals surface area contributed by atoms with Gasteiger partial charge in [-0.15, -0.1) is 0 Å². The molecule has 0 saturated heterocycles. The average Bonchev–Trinajstić information content (AvgIpc) is 2.32. The maximum atomic E-state index is 11.9. The lowest BCUT2D eigenvalue weighted by Gasteiger charge is -2.25. The van der Waals surface area contributed by atoms with Crippen molar-refractivity contribution in [1.82, 2.24) is 4.57 Å². The summed E-state index contributed by atoms with van der Waals surface area (Å²) in [6.07, 6.45) is 3.92. The molecule has 0 aliphatic heterocycles. The first-order valence-electron chi connectivity index (χ1n) is 6.21. The summed E-state index contributed by atoms with van der Waals surface area (Å²) < 4.78 is 6.90. The third kappa shape index (κ3) is 2.58. The van der Waals surface area contributed by atoms with E-state index in [2.05, 4.69) is 0 Å². The van der Waals surface area contributed by atoms with Crippen molar-refractivity contribution in [2.75, 3.05) is 13.7 Å². The van der Waals surface area contributed by atoms with E-state index in [1.54, 1.807) is 13.2 Å². The minimum atomic E-state index is 0.0777. The number of methoxy groups -OCH3 is 1. The monoisotopic (exact) mass is 236 g/mol. The molecule has 1 atom stereocenters. The van der Waals surface area contributed by atoms with E-state index in [1.807, 2.05) is 10.6 Å². The number of nitrogens with zero attached hydrogens (tertiary/aromatic N) is 1. The molecule has 1 heterocycles. The van der Waals surface area contributed by atoms with Crippen molar-refractivity contribution in [3.05, 3.63) is 33.7 Å². The molecule has 0 amide bonds. The van der Waals surface area contributed by atoms with E-state index in [0.29, 0.717) is 6.61 Å². The number of hydrogen-bond acceptors (Lipinski definition) is 3. The molecule has 0 radical (unpaired) electrons. The molecule has 1 aromatic rings. The highest BCUT2D eigenvalue weighted by molar-refractivity contribution is 5.27. The number of rotatable bonds is 4. The molecule has 4 nitrogen and oxygen atoms in total. The van der Waals surface area contributed by atoms with Crippen LogP contribution in [0.15, 0.2) is 16.9 Å². The van der Waals surface area contributed by atoms with E-state index in [9.17, 15) is 4.79 Å². The van der Waals surface area contributed by atoms with E-state index >= 15 is 0 Å². The Morgan fingerprint density at radius 1 is 1.53 bits per heavy atom. The topological polar surface area (TPSA) is 57.2 Å². The first kappa shape index (κ1) is 12.3. The van der Waals surface area contributed by atoms with Crippen LogP contribution in [-0.2, 0) is 17.7 Å². The van der Waals surface area contributed by atoms with Crippen molar-refractivity contribution in [2.24, 2.45) is 5.73 Å². The van der Waals surface area contributed by atoms with Gasteiger partial charge in [-0.1, -0.05) is 6.07 Å². The molecular weight excluding hydrogens is 216 g/mol. The molecule has 2 N–H and O–H groups in total. The van der Waals surface area contributed by atoms with Crippen molar-refractivity contribution >= 4 is 0 Å². The fourth-order valence-electron chi connectivity index (χ4n) is 2.51. The molecule has 0 aromatic carbocycles. The molecule has 0 fully saturated rings. The number of hydrogen-bond donors (Lipinski definition) is 1. The molecule has 0 saturated carbocycles. The largest absolute Gasteiger partial charge is 0.385 e. The molecule has 4 heteroatoms. The van der Waals surface area contributed by atoms with Gasteiger partial charge in [-0.3, -0.25) is 4.79 Å². The van der Waals surface area contributed by atoms with Gasteiger partial charge in [0.25, 0.3) is 5.56 Å². The molecular formula is C13H20N2O2. The molecule has 94 valence electrons. The van der Waals surface area contributed by atoms with Crippen LogP contribution in [0.2, 0.25) is 0 Å². The van der Waals surface area contributed by atoms with Gasteiger partial charge in [-0.2, -0.15) is 0 Å². The smallest absolute Gasteiger partial charge is 0.250 e. The fraction of sp³-hybridized carbons (Fsp3) is 0.615. The molecule has 1 aromatic heterocycles. The molecule has 2 rings (SSSR count). The normalized spacial score (nSPS) is 19.1. The quantitative estimate of drug-likeness (QED) is 0.800. The number of ether oxygens (including phenoxy) is 1. The van der Waals surface area contributed by atoms with Gasteiger partial charge in [-0.05, 0) is 31.2 Å². The second-order valence-electron chi connectivity index (χ2n) is 4.57. The van der Waals surface area contributed by atoms with Crippen molar-refractivity contribution in [3.8, 4) is 0 Å². The fourth-order valence-corrected chi connectivity index (χ4v) is 2.51. The van der Waals surface area contributed by atoms with E-state index in [0.717, 1.165) is 43.5 Å². The Kier molecular flexibility index (Phi) is 3.97. The summed E-state index contributed by atoms with van der Waals surface area (Å²) in [7, 11) is 1.68. The SMILES string of the molecule is COCCCn1c2c(ccc1=O)C(N)CCC2. The molecule has 1 aliphatic carbocycles. The summed E-state index contributed by atoms with van der Waals surface area (Å²) in [4.78, 5) is 11.9. The number of fused-ring (bicyclic) bond motifs is 1. The molecule has 17 heavy (non-hydrogen) atoms. The third-order valence-corrected chi connectivity index (χ3v) is 3.39. The van der Waals surface area contributed by atoms with E-state index in [4.69, 9.17) is 10.5 Å². The Morgan fingerprint density at radius 2 is 2.35 bits per heavy atom. The Labute approximate surface area is 101 Å². The zero-order valence-corrected chi connectivity index (χ0v) is 10.3. The number of pyridine rings is 1. The Balaban J connectivity index is 2.29. The molecule has 1 unspecified atom stereocenters. The lowest BCUT2D eigenvalue weighted by Crippen LogP contribution is -2.29. The average molecular weight is 236 g/mol. The van der Waals surface area contributed by atoms with Crippen LogP contribution in [0.25, 0.3) is 0 Å². The van der Waals surface area contributed by atoms with E-state index < -0.39 is 0 Å². The minimum Gasteiger partial charge on any atom is -0.385 e. The third-order valence-electron chi connectivity index (χ3n) is 3.39. The Hall–Kier alpha value is -1.13. The van der Waals surface area contributed by atoms with Crippen LogP contribution >= 0.6 is 0 Å². The van der Waals surface area contributed by atoms with Crippen LogP contribution < -0.4 is 11.3 Å². The Bertz CT molecular complexity index is 440. The van der Waals surface area contributed by atoms with Crippen LogP contribution in [0.3, 0.4) is 0 Å². The lowest BCUT2D eigenvalue weighted by atomic mass is 9.91. The van der Waals surface area contributed by atoms with Gasteiger partial charge in [0.1, 0.15) is 0 Å². The molecule has 0 bridgehead atoms. The lowest BCUT2D eigenvalue weighted by molar-refractivity contribution is 0.189. The summed E-state index contributed by atoms with van der Waals surface area (Å²) in [5, 5.41) is 0. The summed E-state index contributed by atoms with van der Waals surface area (Å²) >= 11 is 0. The van der Waals surface area contributed by atoms with Crippen molar-refractivity contribution in [3.63, 3.8) is 0 Å². The second kappa shape index (κ2) is 5.47. The van der Waals surface area contributed by atoms with Gasteiger partial charge >= 0.3 is 0 Å². The zero-order chi connectivity index (χ0) is 12.3. The molecule has 1 aliphatic rings. The van der Waals surface area contributed by atoms with E-state index in [-0.39, 0.29) is 11.6 Å².